The van der Waals surface area contributed by atoms with Crippen molar-refractivity contribution in [3.05, 3.63) is 34.9 Å². The van der Waals surface area contributed by atoms with Crippen molar-refractivity contribution in [1.29, 1.82) is 0 Å². The second-order valence-electron chi connectivity index (χ2n) is 5.96. The number of benzene rings is 1. The van der Waals surface area contributed by atoms with E-state index in [1.54, 1.807) is 34.1 Å². The molecule has 0 aliphatic carbocycles. The fraction of sp³-hybridized carbons (Fsp3) is 0.529. The lowest BCUT2D eigenvalue weighted by molar-refractivity contribution is -0.135. The van der Waals surface area contributed by atoms with Crippen LogP contribution in [-0.2, 0) is 4.79 Å². The molecule has 1 N–H and O–H groups in total. The van der Waals surface area contributed by atoms with Crippen LogP contribution in [0.3, 0.4) is 0 Å². The van der Waals surface area contributed by atoms with E-state index >= 15 is 0 Å². The van der Waals surface area contributed by atoms with Crippen LogP contribution >= 0.6 is 11.6 Å². The zero-order chi connectivity index (χ0) is 16.8. The highest BCUT2D eigenvalue weighted by atomic mass is 35.5. The number of hydrogen-bond donors (Lipinski definition) is 1. The Hall–Kier alpha value is -1.59. The minimum atomic E-state index is -0.109. The molecule has 1 aromatic carbocycles. The smallest absolute Gasteiger partial charge is 0.253 e. The molecule has 1 aromatic rings. The van der Waals surface area contributed by atoms with Crippen molar-refractivity contribution in [3.8, 4) is 0 Å². The summed E-state index contributed by atoms with van der Waals surface area (Å²) in [6.07, 6.45) is 1.70. The van der Waals surface area contributed by atoms with Gasteiger partial charge >= 0.3 is 0 Å². The monoisotopic (exact) mass is 337 g/mol. The molecule has 0 aromatic heterocycles. The summed E-state index contributed by atoms with van der Waals surface area (Å²) in [6.45, 7) is 2.63. The summed E-state index contributed by atoms with van der Waals surface area (Å²) < 4.78 is 0. The minimum Gasteiger partial charge on any atom is -0.344 e. The number of amides is 2. The number of halogens is 1. The second-order valence-corrected chi connectivity index (χ2v) is 6.40. The third-order valence-electron chi connectivity index (χ3n) is 4.22. The maximum atomic E-state index is 12.6. The zero-order valence-corrected chi connectivity index (χ0v) is 14.5. The first kappa shape index (κ1) is 17.8. The Balaban J connectivity index is 1.98. The van der Waals surface area contributed by atoms with Gasteiger partial charge in [-0.25, -0.2) is 0 Å². The Morgan fingerprint density at radius 2 is 2.04 bits per heavy atom. The van der Waals surface area contributed by atoms with Gasteiger partial charge in [0.15, 0.2) is 0 Å². The number of rotatable bonds is 5. The van der Waals surface area contributed by atoms with Crippen LogP contribution in [0.25, 0.3) is 0 Å². The summed E-state index contributed by atoms with van der Waals surface area (Å²) in [5.74, 6) is -0.0206. The van der Waals surface area contributed by atoms with Gasteiger partial charge in [-0.15, -0.1) is 0 Å². The molecular formula is C17H24ClN3O2. The van der Waals surface area contributed by atoms with Gasteiger partial charge < -0.3 is 15.1 Å². The van der Waals surface area contributed by atoms with E-state index in [-0.39, 0.29) is 17.7 Å². The van der Waals surface area contributed by atoms with Crippen molar-refractivity contribution in [1.82, 2.24) is 15.1 Å². The molecule has 1 atom stereocenters. The van der Waals surface area contributed by atoms with Gasteiger partial charge in [-0.05, 0) is 44.2 Å². The molecule has 1 unspecified atom stereocenters. The minimum absolute atomic E-state index is 0.0305. The standard InChI is InChI=1S/C17H24ClN3O2/c1-19-9-11-20(2)16(22)14-4-3-10-21(12-14)17(23)13-5-7-15(18)8-6-13/h5-8,14,19H,3-4,9-12H2,1-2H3. The number of carbonyl (C=O) groups excluding carboxylic acids is 2. The lowest BCUT2D eigenvalue weighted by Crippen LogP contribution is -2.46. The van der Waals surface area contributed by atoms with E-state index in [1.807, 2.05) is 14.1 Å². The Kier molecular flexibility index (Phi) is 6.42. The number of likely N-dealkylation sites (tertiary alicyclic amines) is 1. The first-order valence-electron chi connectivity index (χ1n) is 7.97. The largest absolute Gasteiger partial charge is 0.344 e. The predicted molar refractivity (Wildman–Crippen MR) is 91.6 cm³/mol. The molecule has 1 aliphatic heterocycles. The Bertz CT molecular complexity index is 547. The van der Waals surface area contributed by atoms with Gasteiger partial charge in [0.1, 0.15) is 0 Å². The fourth-order valence-electron chi connectivity index (χ4n) is 2.84. The number of nitrogens with zero attached hydrogens (tertiary/aromatic N) is 2. The van der Waals surface area contributed by atoms with Gasteiger partial charge in [0.25, 0.3) is 5.91 Å². The molecule has 2 rings (SSSR count). The normalized spacial score (nSPS) is 17.9. The van der Waals surface area contributed by atoms with Gasteiger partial charge in [-0.2, -0.15) is 0 Å². The summed E-state index contributed by atoms with van der Waals surface area (Å²) in [5, 5.41) is 3.65. The van der Waals surface area contributed by atoms with E-state index < -0.39 is 0 Å². The van der Waals surface area contributed by atoms with Crippen LogP contribution in [0.2, 0.25) is 5.02 Å². The SMILES string of the molecule is CNCCN(C)C(=O)C1CCCN(C(=O)c2ccc(Cl)cc2)C1. The number of hydrogen-bond acceptors (Lipinski definition) is 3. The van der Waals surface area contributed by atoms with Crippen LogP contribution in [-0.4, -0.2) is 61.9 Å². The first-order valence-corrected chi connectivity index (χ1v) is 8.35. The molecule has 126 valence electrons. The highest BCUT2D eigenvalue weighted by Gasteiger charge is 2.30. The highest BCUT2D eigenvalue weighted by Crippen LogP contribution is 2.21. The van der Waals surface area contributed by atoms with Crippen LogP contribution in [0.15, 0.2) is 24.3 Å². The van der Waals surface area contributed by atoms with Crippen molar-refractivity contribution < 1.29 is 9.59 Å². The molecule has 2 amide bonds. The third-order valence-corrected chi connectivity index (χ3v) is 4.47. The molecule has 5 nitrogen and oxygen atoms in total. The Labute approximate surface area is 142 Å². The Morgan fingerprint density at radius 1 is 1.35 bits per heavy atom. The molecule has 0 bridgehead atoms. The maximum absolute atomic E-state index is 12.6. The quantitative estimate of drug-likeness (QED) is 0.892. The highest BCUT2D eigenvalue weighted by molar-refractivity contribution is 6.30. The second kappa shape index (κ2) is 8.31. The summed E-state index contributed by atoms with van der Waals surface area (Å²) in [7, 11) is 3.69. The molecular weight excluding hydrogens is 314 g/mol. The summed E-state index contributed by atoms with van der Waals surface area (Å²) in [4.78, 5) is 28.6. The molecule has 23 heavy (non-hydrogen) atoms. The fourth-order valence-corrected chi connectivity index (χ4v) is 2.97. The zero-order valence-electron chi connectivity index (χ0n) is 13.7. The molecule has 6 heteroatoms. The average Bonchev–Trinajstić information content (AvgIpc) is 2.59. The lowest BCUT2D eigenvalue weighted by atomic mass is 9.96. The van der Waals surface area contributed by atoms with Gasteiger partial charge in [0.05, 0.1) is 5.92 Å². The van der Waals surface area contributed by atoms with E-state index in [9.17, 15) is 9.59 Å². The third kappa shape index (κ3) is 4.69. The summed E-state index contributed by atoms with van der Waals surface area (Å²) in [5.41, 5.74) is 0.617. The number of nitrogens with one attached hydrogen (secondary N) is 1. The lowest BCUT2D eigenvalue weighted by Gasteiger charge is -2.34. The van der Waals surface area contributed by atoms with E-state index in [0.717, 1.165) is 19.4 Å². The predicted octanol–water partition coefficient (Wildman–Crippen LogP) is 1.87. The number of carbonyl (C=O) groups is 2. The first-order chi connectivity index (χ1) is 11.0. The molecule has 0 spiro atoms. The van der Waals surface area contributed by atoms with E-state index in [0.29, 0.717) is 30.2 Å². The topological polar surface area (TPSA) is 52.7 Å². The van der Waals surface area contributed by atoms with Gasteiger partial charge in [-0.1, -0.05) is 11.6 Å². The molecule has 1 aliphatic rings. The van der Waals surface area contributed by atoms with Gasteiger partial charge in [-0.3, -0.25) is 9.59 Å². The van der Waals surface area contributed by atoms with Crippen LogP contribution < -0.4 is 5.32 Å². The van der Waals surface area contributed by atoms with Crippen LogP contribution in [0.5, 0.6) is 0 Å². The van der Waals surface area contributed by atoms with Crippen LogP contribution in [0, 0.1) is 5.92 Å². The van der Waals surface area contributed by atoms with Gasteiger partial charge in [0.2, 0.25) is 5.91 Å². The van der Waals surface area contributed by atoms with E-state index in [2.05, 4.69) is 5.32 Å². The van der Waals surface area contributed by atoms with Crippen molar-refractivity contribution >= 4 is 23.4 Å². The summed E-state index contributed by atoms with van der Waals surface area (Å²) >= 11 is 5.86. The van der Waals surface area contributed by atoms with Gasteiger partial charge in [0, 0.05) is 43.8 Å². The maximum Gasteiger partial charge on any atom is 0.253 e. The van der Waals surface area contributed by atoms with Crippen molar-refractivity contribution in [2.24, 2.45) is 5.92 Å². The van der Waals surface area contributed by atoms with Crippen LogP contribution in [0.1, 0.15) is 23.2 Å². The summed E-state index contributed by atoms with van der Waals surface area (Å²) in [6, 6.07) is 6.89. The molecule has 0 saturated carbocycles. The van der Waals surface area contributed by atoms with E-state index in [4.69, 9.17) is 11.6 Å². The molecule has 1 fully saturated rings. The molecule has 1 saturated heterocycles. The van der Waals surface area contributed by atoms with Crippen molar-refractivity contribution in [2.75, 3.05) is 40.3 Å². The average molecular weight is 338 g/mol. The van der Waals surface area contributed by atoms with E-state index in [1.165, 1.54) is 0 Å². The molecule has 1 heterocycles. The van der Waals surface area contributed by atoms with Crippen LogP contribution in [0.4, 0.5) is 0 Å². The number of piperidine rings is 1. The van der Waals surface area contributed by atoms with Crippen molar-refractivity contribution in [3.63, 3.8) is 0 Å². The number of likely N-dealkylation sites (N-methyl/N-ethyl adjacent to an activating group) is 2. The molecule has 0 radical (unpaired) electrons. The van der Waals surface area contributed by atoms with Crippen molar-refractivity contribution in [2.45, 2.75) is 12.8 Å². The Morgan fingerprint density at radius 3 is 2.70 bits per heavy atom.